The van der Waals surface area contributed by atoms with Gasteiger partial charge in [-0.2, -0.15) is 0 Å². The fraction of sp³-hybridized carbons (Fsp3) is 0.692. The average Bonchev–Trinajstić information content (AvgIpc) is 2.63. The lowest BCUT2D eigenvalue weighted by Gasteiger charge is -2.29. The van der Waals surface area contributed by atoms with Gasteiger partial charge in [-0.05, 0) is 24.3 Å². The highest BCUT2D eigenvalue weighted by atomic mass is 16.3. The van der Waals surface area contributed by atoms with Crippen molar-refractivity contribution >= 4 is 0 Å². The molecule has 0 fully saturated rings. The van der Waals surface area contributed by atoms with Crippen molar-refractivity contribution in [3.8, 4) is 0 Å². The number of nitrogens with one attached hydrogen (secondary N) is 1. The molecule has 0 saturated heterocycles. The normalized spacial score (nSPS) is 22.8. The molecular weight excluding hydrogens is 186 g/mol. The summed E-state index contributed by atoms with van der Waals surface area (Å²) in [5, 5.41) is 3.61. The molecule has 1 N–H and O–H groups in total. The van der Waals surface area contributed by atoms with E-state index in [1.807, 2.05) is 6.26 Å². The van der Waals surface area contributed by atoms with Gasteiger partial charge in [0.1, 0.15) is 5.76 Å². The molecule has 0 amide bonds. The fourth-order valence-corrected chi connectivity index (χ4v) is 2.67. The first-order chi connectivity index (χ1) is 7.18. The Morgan fingerprint density at radius 2 is 2.27 bits per heavy atom. The lowest BCUT2D eigenvalue weighted by atomic mass is 9.86. The van der Waals surface area contributed by atoms with E-state index in [4.69, 9.17) is 4.42 Å². The summed E-state index contributed by atoms with van der Waals surface area (Å²) in [6, 6.07) is 2.62. The highest BCUT2D eigenvalue weighted by molar-refractivity contribution is 5.24. The van der Waals surface area contributed by atoms with Crippen LogP contribution in [0.25, 0.3) is 0 Å². The average molecular weight is 207 g/mol. The second kappa shape index (κ2) is 4.40. The third-order valence-electron chi connectivity index (χ3n) is 3.24. The van der Waals surface area contributed by atoms with Gasteiger partial charge in [0, 0.05) is 24.6 Å². The number of hydrogen-bond acceptors (Lipinski definition) is 2. The van der Waals surface area contributed by atoms with Crippen LogP contribution in [-0.4, -0.2) is 6.54 Å². The molecule has 0 bridgehead atoms. The van der Waals surface area contributed by atoms with Gasteiger partial charge < -0.3 is 9.73 Å². The van der Waals surface area contributed by atoms with Gasteiger partial charge in [-0.25, -0.2) is 0 Å². The van der Waals surface area contributed by atoms with Crippen molar-refractivity contribution in [2.45, 2.75) is 39.7 Å². The summed E-state index contributed by atoms with van der Waals surface area (Å²) in [5.41, 5.74) is 1.38. The first-order valence-corrected chi connectivity index (χ1v) is 5.98. The van der Waals surface area contributed by atoms with Gasteiger partial charge >= 0.3 is 0 Å². The lowest BCUT2D eigenvalue weighted by molar-refractivity contribution is 0.308. The SMILES string of the molecule is CC(C)CC(C)C1NCCc2occc21. The zero-order valence-electron chi connectivity index (χ0n) is 9.92. The maximum atomic E-state index is 5.50. The maximum Gasteiger partial charge on any atom is 0.109 e. The second-order valence-corrected chi connectivity index (χ2v) is 5.09. The van der Waals surface area contributed by atoms with Crippen LogP contribution in [-0.2, 0) is 6.42 Å². The zero-order valence-corrected chi connectivity index (χ0v) is 9.92. The van der Waals surface area contributed by atoms with Gasteiger partial charge in [-0.1, -0.05) is 20.8 Å². The number of hydrogen-bond donors (Lipinski definition) is 1. The molecule has 84 valence electrons. The Bertz CT molecular complexity index is 316. The summed E-state index contributed by atoms with van der Waals surface area (Å²) in [7, 11) is 0. The van der Waals surface area contributed by atoms with Gasteiger partial charge in [0.15, 0.2) is 0 Å². The highest BCUT2D eigenvalue weighted by Crippen LogP contribution is 2.32. The van der Waals surface area contributed by atoms with E-state index in [0.717, 1.165) is 18.9 Å². The standard InChI is InChI=1S/C13H21NO/c1-9(2)8-10(3)13-11-5-7-15-12(11)4-6-14-13/h5,7,9-10,13-14H,4,6,8H2,1-3H3. The Morgan fingerprint density at radius 3 is 3.00 bits per heavy atom. The minimum Gasteiger partial charge on any atom is -0.469 e. The topological polar surface area (TPSA) is 25.2 Å². The minimum absolute atomic E-state index is 0.495. The molecule has 0 saturated carbocycles. The van der Waals surface area contributed by atoms with Crippen molar-refractivity contribution in [1.82, 2.24) is 5.32 Å². The van der Waals surface area contributed by atoms with Crippen LogP contribution in [0.1, 0.15) is 44.6 Å². The van der Waals surface area contributed by atoms with E-state index in [0.29, 0.717) is 12.0 Å². The molecule has 1 aromatic rings. The van der Waals surface area contributed by atoms with Crippen molar-refractivity contribution in [2.24, 2.45) is 11.8 Å². The fourth-order valence-electron chi connectivity index (χ4n) is 2.67. The molecule has 0 aliphatic carbocycles. The van der Waals surface area contributed by atoms with Gasteiger partial charge in [-0.15, -0.1) is 0 Å². The Balaban J connectivity index is 2.11. The molecule has 2 unspecified atom stereocenters. The van der Waals surface area contributed by atoms with E-state index in [9.17, 15) is 0 Å². The summed E-state index contributed by atoms with van der Waals surface area (Å²) in [4.78, 5) is 0. The molecule has 2 rings (SSSR count). The third kappa shape index (κ3) is 2.25. The van der Waals surface area contributed by atoms with E-state index in [1.54, 1.807) is 0 Å². The van der Waals surface area contributed by atoms with E-state index in [1.165, 1.54) is 17.7 Å². The predicted octanol–water partition coefficient (Wildman–Crippen LogP) is 3.15. The molecule has 0 spiro atoms. The molecule has 2 heteroatoms. The molecule has 2 atom stereocenters. The van der Waals surface area contributed by atoms with Crippen molar-refractivity contribution < 1.29 is 4.42 Å². The Hall–Kier alpha value is -0.760. The van der Waals surface area contributed by atoms with E-state index < -0.39 is 0 Å². The number of fused-ring (bicyclic) bond motifs is 1. The van der Waals surface area contributed by atoms with E-state index >= 15 is 0 Å². The molecule has 2 nitrogen and oxygen atoms in total. The second-order valence-electron chi connectivity index (χ2n) is 5.09. The van der Waals surface area contributed by atoms with Crippen LogP contribution in [0.2, 0.25) is 0 Å². The van der Waals surface area contributed by atoms with Crippen molar-refractivity contribution in [3.05, 3.63) is 23.7 Å². The monoisotopic (exact) mass is 207 g/mol. The van der Waals surface area contributed by atoms with Crippen LogP contribution >= 0.6 is 0 Å². The summed E-state index contributed by atoms with van der Waals surface area (Å²) in [6.45, 7) is 7.96. The third-order valence-corrected chi connectivity index (χ3v) is 3.24. The van der Waals surface area contributed by atoms with Gasteiger partial charge in [0.25, 0.3) is 0 Å². The summed E-state index contributed by atoms with van der Waals surface area (Å²) in [5.74, 6) is 2.63. The lowest BCUT2D eigenvalue weighted by Crippen LogP contribution is -2.33. The quantitative estimate of drug-likeness (QED) is 0.823. The summed E-state index contributed by atoms with van der Waals surface area (Å²) in [6.07, 6.45) is 4.13. The van der Waals surface area contributed by atoms with E-state index in [-0.39, 0.29) is 0 Å². The molecule has 0 radical (unpaired) electrons. The minimum atomic E-state index is 0.495. The Labute approximate surface area is 92.1 Å². The molecule has 15 heavy (non-hydrogen) atoms. The van der Waals surface area contributed by atoms with Crippen molar-refractivity contribution in [3.63, 3.8) is 0 Å². The Kier molecular flexibility index (Phi) is 3.15. The van der Waals surface area contributed by atoms with Crippen LogP contribution in [0.15, 0.2) is 16.7 Å². The largest absolute Gasteiger partial charge is 0.469 e. The molecular formula is C13H21NO. The number of rotatable bonds is 3. The predicted molar refractivity (Wildman–Crippen MR) is 61.8 cm³/mol. The smallest absolute Gasteiger partial charge is 0.109 e. The van der Waals surface area contributed by atoms with Crippen LogP contribution in [0.3, 0.4) is 0 Å². The first kappa shape index (κ1) is 10.7. The van der Waals surface area contributed by atoms with Gasteiger partial charge in [-0.3, -0.25) is 0 Å². The number of furan rings is 1. The highest BCUT2D eigenvalue weighted by Gasteiger charge is 2.26. The molecule has 0 aromatic carbocycles. The first-order valence-electron chi connectivity index (χ1n) is 5.98. The van der Waals surface area contributed by atoms with E-state index in [2.05, 4.69) is 32.2 Å². The van der Waals surface area contributed by atoms with Gasteiger partial charge in [0.2, 0.25) is 0 Å². The van der Waals surface area contributed by atoms with Crippen LogP contribution < -0.4 is 5.32 Å². The summed E-state index contributed by atoms with van der Waals surface area (Å²) >= 11 is 0. The van der Waals surface area contributed by atoms with Crippen molar-refractivity contribution in [1.29, 1.82) is 0 Å². The van der Waals surface area contributed by atoms with Crippen molar-refractivity contribution in [2.75, 3.05) is 6.54 Å². The van der Waals surface area contributed by atoms with Crippen LogP contribution in [0, 0.1) is 11.8 Å². The Morgan fingerprint density at radius 1 is 1.47 bits per heavy atom. The van der Waals surface area contributed by atoms with Crippen LogP contribution in [0.5, 0.6) is 0 Å². The molecule has 1 aromatic heterocycles. The molecule has 2 heterocycles. The van der Waals surface area contributed by atoms with Crippen LogP contribution in [0.4, 0.5) is 0 Å². The zero-order chi connectivity index (χ0) is 10.8. The summed E-state index contributed by atoms with van der Waals surface area (Å²) < 4.78 is 5.50. The molecule has 1 aliphatic rings. The molecule has 1 aliphatic heterocycles. The maximum absolute atomic E-state index is 5.50. The van der Waals surface area contributed by atoms with Gasteiger partial charge in [0.05, 0.1) is 6.26 Å².